The number of carbonyl (C=O) groups is 3. The molecule has 1 aliphatic rings. The Morgan fingerprint density at radius 1 is 0.923 bits per heavy atom. The molecular formula is C29H41N5O5. The largest absolute Gasteiger partial charge is 0.459 e. The van der Waals surface area contributed by atoms with Gasteiger partial charge in [0, 0.05) is 25.8 Å². The smallest absolute Gasteiger partial charge is 0.410 e. The van der Waals surface area contributed by atoms with Gasteiger partial charge < -0.3 is 19.7 Å². The van der Waals surface area contributed by atoms with E-state index in [4.69, 9.17) is 9.47 Å². The first-order valence-corrected chi connectivity index (χ1v) is 13.2. The van der Waals surface area contributed by atoms with Gasteiger partial charge in [-0.25, -0.2) is 15.0 Å². The molecule has 0 aromatic heterocycles. The second-order valence-corrected chi connectivity index (χ2v) is 11.5. The molecule has 1 saturated heterocycles. The van der Waals surface area contributed by atoms with E-state index in [1.54, 1.807) is 31.9 Å². The molecule has 0 aliphatic carbocycles. The standard InChI is InChI=1S/C29H41N5O5/c1-28(2,3)38-25(35)20-34(31-19-23-12-9-11-22-10-7-8-13-24(22)23)32-26(36)30-18-21-14-16-33(17-15-21)27(37)39-29(4,5)6/h7-13,18,31H,14-17,19-20H2,1-6H3,(H2,30,32,36). The van der Waals surface area contributed by atoms with Crippen molar-refractivity contribution in [1.82, 2.24) is 26.2 Å². The Labute approximate surface area is 230 Å². The number of carbonyl (C=O) groups excluding carboxylic acids is 3. The molecule has 1 fully saturated rings. The lowest BCUT2D eigenvalue weighted by Gasteiger charge is -2.31. The van der Waals surface area contributed by atoms with Crippen LogP contribution in [-0.2, 0) is 20.8 Å². The Morgan fingerprint density at radius 2 is 1.56 bits per heavy atom. The summed E-state index contributed by atoms with van der Waals surface area (Å²) in [5.41, 5.74) is 6.65. The molecule has 10 heteroatoms. The lowest BCUT2D eigenvalue weighted by molar-refractivity contribution is -0.157. The summed E-state index contributed by atoms with van der Waals surface area (Å²) in [5, 5.41) is 6.24. The highest BCUT2D eigenvalue weighted by Gasteiger charge is 2.25. The van der Waals surface area contributed by atoms with Gasteiger partial charge in [-0.05, 0) is 70.7 Å². The van der Waals surface area contributed by atoms with Crippen LogP contribution in [-0.4, -0.2) is 58.9 Å². The monoisotopic (exact) mass is 539 g/mol. The number of esters is 1. The second kappa shape index (κ2) is 12.9. The molecule has 3 amide bonds. The van der Waals surface area contributed by atoms with Gasteiger partial charge in [0.25, 0.3) is 0 Å². The molecular weight excluding hydrogens is 498 g/mol. The summed E-state index contributed by atoms with van der Waals surface area (Å²) in [6.45, 7) is 12.1. The topological polar surface area (TPSA) is 112 Å². The number of hydrogen-bond donors (Lipinski definition) is 3. The highest BCUT2D eigenvalue weighted by molar-refractivity contribution is 5.85. The Bertz CT molecular complexity index is 1180. The Hall–Kier alpha value is -3.63. The molecule has 10 nitrogen and oxygen atoms in total. The molecule has 2 aromatic rings. The predicted molar refractivity (Wildman–Crippen MR) is 150 cm³/mol. The highest BCUT2D eigenvalue weighted by Crippen LogP contribution is 2.19. The number of hydrazine groups is 2. The highest BCUT2D eigenvalue weighted by atomic mass is 16.6. The van der Waals surface area contributed by atoms with Crippen molar-refractivity contribution in [3.63, 3.8) is 0 Å². The molecule has 0 radical (unpaired) electrons. The number of ether oxygens (including phenoxy) is 2. The summed E-state index contributed by atoms with van der Waals surface area (Å²) in [6, 6.07) is 13.5. The quantitative estimate of drug-likeness (QED) is 0.348. The van der Waals surface area contributed by atoms with Crippen molar-refractivity contribution < 1.29 is 23.9 Å². The van der Waals surface area contributed by atoms with Crippen molar-refractivity contribution in [2.45, 2.75) is 72.1 Å². The number of fused-ring (bicyclic) bond motifs is 1. The molecule has 0 spiro atoms. The van der Waals surface area contributed by atoms with Gasteiger partial charge in [-0.15, -0.1) is 5.12 Å². The summed E-state index contributed by atoms with van der Waals surface area (Å²) < 4.78 is 10.9. The molecule has 1 heterocycles. The summed E-state index contributed by atoms with van der Waals surface area (Å²) in [5.74, 6) is -0.485. The first kappa shape index (κ1) is 29.9. The van der Waals surface area contributed by atoms with Crippen molar-refractivity contribution in [2.75, 3.05) is 19.6 Å². The summed E-state index contributed by atoms with van der Waals surface area (Å²) in [4.78, 5) is 39.2. The Balaban J connectivity index is 1.58. The third-order valence-corrected chi connectivity index (χ3v) is 5.75. The van der Waals surface area contributed by atoms with Crippen LogP contribution in [0, 0.1) is 0 Å². The SMILES string of the molecule is CC(C)(C)OC(=O)CN(NCc1cccc2ccccc12)NC(=O)NC=C1CCN(C(=O)OC(C)(C)C)CC1. The van der Waals surface area contributed by atoms with Gasteiger partial charge in [-0.3, -0.25) is 10.2 Å². The molecule has 3 rings (SSSR count). The van der Waals surface area contributed by atoms with Crippen LogP contribution in [0.3, 0.4) is 0 Å². The van der Waals surface area contributed by atoms with Crippen LogP contribution in [0.5, 0.6) is 0 Å². The molecule has 0 saturated carbocycles. The fourth-order valence-corrected chi connectivity index (χ4v) is 4.03. The fourth-order valence-electron chi connectivity index (χ4n) is 4.03. The number of amides is 3. The molecule has 0 unspecified atom stereocenters. The van der Waals surface area contributed by atoms with Gasteiger partial charge >= 0.3 is 18.1 Å². The van der Waals surface area contributed by atoms with Crippen LogP contribution >= 0.6 is 0 Å². The van der Waals surface area contributed by atoms with Gasteiger partial charge in [0.15, 0.2) is 0 Å². The lowest BCUT2D eigenvalue weighted by atomic mass is 10.1. The lowest BCUT2D eigenvalue weighted by Crippen LogP contribution is -2.55. The molecule has 0 bridgehead atoms. The number of benzene rings is 2. The molecule has 212 valence electrons. The van der Waals surface area contributed by atoms with E-state index in [2.05, 4.69) is 16.2 Å². The van der Waals surface area contributed by atoms with Crippen LogP contribution < -0.4 is 16.2 Å². The molecule has 39 heavy (non-hydrogen) atoms. The number of nitrogens with one attached hydrogen (secondary N) is 3. The van der Waals surface area contributed by atoms with Gasteiger partial charge in [0.1, 0.15) is 17.7 Å². The zero-order chi connectivity index (χ0) is 28.6. The van der Waals surface area contributed by atoms with Crippen LogP contribution in [0.4, 0.5) is 9.59 Å². The number of nitrogens with zero attached hydrogens (tertiary/aromatic N) is 2. The Morgan fingerprint density at radius 3 is 2.23 bits per heavy atom. The van der Waals surface area contributed by atoms with Crippen LogP contribution in [0.2, 0.25) is 0 Å². The molecule has 1 aliphatic heterocycles. The third kappa shape index (κ3) is 10.2. The van der Waals surface area contributed by atoms with E-state index in [-0.39, 0.29) is 12.6 Å². The van der Waals surface area contributed by atoms with Crippen LogP contribution in [0.1, 0.15) is 59.9 Å². The van der Waals surface area contributed by atoms with Gasteiger partial charge in [-0.2, -0.15) is 0 Å². The zero-order valence-electron chi connectivity index (χ0n) is 23.8. The average Bonchev–Trinajstić information content (AvgIpc) is 2.84. The molecule has 3 N–H and O–H groups in total. The minimum absolute atomic E-state index is 0.198. The van der Waals surface area contributed by atoms with Gasteiger partial charge in [-0.1, -0.05) is 48.0 Å². The molecule has 0 atom stereocenters. The average molecular weight is 540 g/mol. The van der Waals surface area contributed by atoms with Gasteiger partial charge in [0.2, 0.25) is 0 Å². The number of hydrogen-bond acceptors (Lipinski definition) is 7. The normalized spacial score (nSPS) is 14.2. The van der Waals surface area contributed by atoms with E-state index in [1.165, 1.54) is 5.12 Å². The van der Waals surface area contributed by atoms with Crippen LogP contribution in [0.15, 0.2) is 54.2 Å². The predicted octanol–water partition coefficient (Wildman–Crippen LogP) is 4.62. The maximum atomic E-state index is 12.7. The summed E-state index contributed by atoms with van der Waals surface area (Å²) in [6.07, 6.45) is 2.57. The number of urea groups is 1. The first-order valence-electron chi connectivity index (χ1n) is 13.2. The number of piperidine rings is 1. The minimum Gasteiger partial charge on any atom is -0.459 e. The maximum absolute atomic E-state index is 12.7. The van der Waals surface area contributed by atoms with Crippen molar-refractivity contribution in [3.05, 3.63) is 59.8 Å². The van der Waals surface area contributed by atoms with Crippen LogP contribution in [0.25, 0.3) is 10.8 Å². The van der Waals surface area contributed by atoms with E-state index in [1.807, 2.05) is 63.2 Å². The minimum atomic E-state index is -0.654. The zero-order valence-corrected chi connectivity index (χ0v) is 23.8. The first-order chi connectivity index (χ1) is 18.3. The molecule has 2 aromatic carbocycles. The maximum Gasteiger partial charge on any atom is 0.410 e. The van der Waals surface area contributed by atoms with E-state index >= 15 is 0 Å². The summed E-state index contributed by atoms with van der Waals surface area (Å²) in [7, 11) is 0. The van der Waals surface area contributed by atoms with Crippen molar-refractivity contribution in [3.8, 4) is 0 Å². The summed E-state index contributed by atoms with van der Waals surface area (Å²) >= 11 is 0. The van der Waals surface area contributed by atoms with Crippen molar-refractivity contribution in [1.29, 1.82) is 0 Å². The number of likely N-dealkylation sites (tertiary alicyclic amines) is 1. The van der Waals surface area contributed by atoms with Crippen molar-refractivity contribution in [2.24, 2.45) is 0 Å². The Kier molecular flexibility index (Phi) is 9.93. The van der Waals surface area contributed by atoms with E-state index in [0.29, 0.717) is 32.5 Å². The fraction of sp³-hybridized carbons (Fsp3) is 0.483. The third-order valence-electron chi connectivity index (χ3n) is 5.75. The van der Waals surface area contributed by atoms with E-state index in [9.17, 15) is 14.4 Å². The van der Waals surface area contributed by atoms with E-state index < -0.39 is 23.2 Å². The van der Waals surface area contributed by atoms with E-state index in [0.717, 1.165) is 21.9 Å². The van der Waals surface area contributed by atoms with Gasteiger partial charge in [0.05, 0.1) is 0 Å². The second-order valence-electron chi connectivity index (χ2n) is 11.5. The van der Waals surface area contributed by atoms with Crippen molar-refractivity contribution >= 4 is 28.9 Å². The number of rotatable bonds is 7.